The van der Waals surface area contributed by atoms with Crippen LogP contribution in [-0.2, 0) is 9.84 Å². The zero-order valence-corrected chi connectivity index (χ0v) is 17.2. The van der Waals surface area contributed by atoms with Gasteiger partial charge in [0.15, 0.2) is 9.84 Å². The molecule has 0 fully saturated rings. The molecule has 1 atom stereocenters. The minimum absolute atomic E-state index is 0.0211. The van der Waals surface area contributed by atoms with Crippen molar-refractivity contribution in [2.45, 2.75) is 17.1 Å². The van der Waals surface area contributed by atoms with E-state index in [1.54, 1.807) is 54.6 Å². The molecule has 0 unspecified atom stereocenters. The van der Waals surface area contributed by atoms with Crippen LogP contribution < -0.4 is 10.1 Å². The second-order valence-electron chi connectivity index (χ2n) is 6.30. The monoisotopic (exact) mass is 415 g/mol. The number of hydrogen-bond acceptors (Lipinski definition) is 5. The predicted octanol–water partition coefficient (Wildman–Crippen LogP) is 4.01. The van der Waals surface area contributed by atoms with Crippen LogP contribution in [0.15, 0.2) is 70.9 Å². The molecule has 7 heteroatoms. The van der Waals surface area contributed by atoms with Crippen molar-refractivity contribution in [3.05, 3.63) is 82.0 Å². The third-order valence-electron chi connectivity index (χ3n) is 4.36. The van der Waals surface area contributed by atoms with Crippen LogP contribution in [0.2, 0.25) is 0 Å². The lowest BCUT2D eigenvalue weighted by Gasteiger charge is -2.18. The highest BCUT2D eigenvalue weighted by atomic mass is 32.2. The van der Waals surface area contributed by atoms with Crippen LogP contribution in [0.1, 0.15) is 26.0 Å². The van der Waals surface area contributed by atoms with Gasteiger partial charge in [-0.15, -0.1) is 11.3 Å². The molecule has 1 heterocycles. The van der Waals surface area contributed by atoms with Gasteiger partial charge in [0.1, 0.15) is 11.0 Å². The number of carbonyl (C=O) groups excluding carboxylic acids is 1. The van der Waals surface area contributed by atoms with E-state index in [1.165, 1.54) is 18.4 Å². The maximum Gasteiger partial charge on any atom is 0.251 e. The molecule has 2 aromatic carbocycles. The zero-order valence-electron chi connectivity index (χ0n) is 15.6. The molecule has 3 rings (SSSR count). The SMILES string of the molecule is COc1cccc(C(=O)NC[C@H](c2cccs2)S(=O)(=O)c2ccc(C)cc2)c1. The summed E-state index contributed by atoms with van der Waals surface area (Å²) in [6.45, 7) is 1.88. The van der Waals surface area contributed by atoms with Crippen molar-refractivity contribution in [2.75, 3.05) is 13.7 Å². The largest absolute Gasteiger partial charge is 0.497 e. The van der Waals surface area contributed by atoms with Gasteiger partial charge < -0.3 is 10.1 Å². The molecule has 146 valence electrons. The molecule has 1 N–H and O–H groups in total. The van der Waals surface area contributed by atoms with Crippen LogP contribution in [0.4, 0.5) is 0 Å². The van der Waals surface area contributed by atoms with Gasteiger partial charge in [-0.1, -0.05) is 29.8 Å². The number of sulfone groups is 1. The van der Waals surface area contributed by atoms with E-state index in [0.29, 0.717) is 16.2 Å². The van der Waals surface area contributed by atoms with Gasteiger partial charge in [0.2, 0.25) is 0 Å². The van der Waals surface area contributed by atoms with E-state index < -0.39 is 15.1 Å². The molecule has 5 nitrogen and oxygen atoms in total. The number of ether oxygens (including phenoxy) is 1. The Kier molecular flexibility index (Phi) is 6.16. The smallest absolute Gasteiger partial charge is 0.251 e. The summed E-state index contributed by atoms with van der Waals surface area (Å²) in [7, 11) is -2.13. The van der Waals surface area contributed by atoms with E-state index in [-0.39, 0.29) is 17.3 Å². The predicted molar refractivity (Wildman–Crippen MR) is 111 cm³/mol. The highest BCUT2D eigenvalue weighted by Gasteiger charge is 2.30. The molecular weight excluding hydrogens is 394 g/mol. The first-order valence-corrected chi connectivity index (χ1v) is 11.1. The summed E-state index contributed by atoms with van der Waals surface area (Å²) >= 11 is 1.36. The summed E-state index contributed by atoms with van der Waals surface area (Å²) in [5, 5.41) is 3.73. The molecule has 3 aromatic rings. The van der Waals surface area contributed by atoms with Gasteiger partial charge in [-0.05, 0) is 48.7 Å². The van der Waals surface area contributed by atoms with Gasteiger partial charge in [-0.3, -0.25) is 4.79 Å². The highest BCUT2D eigenvalue weighted by Crippen LogP contribution is 2.31. The fraction of sp³-hybridized carbons (Fsp3) is 0.190. The number of carbonyl (C=O) groups is 1. The van der Waals surface area contributed by atoms with E-state index >= 15 is 0 Å². The van der Waals surface area contributed by atoms with Crippen molar-refractivity contribution >= 4 is 27.1 Å². The molecule has 0 aliphatic carbocycles. The Morgan fingerprint density at radius 1 is 1.11 bits per heavy atom. The topological polar surface area (TPSA) is 72.5 Å². The van der Waals surface area contributed by atoms with Crippen LogP contribution in [0.3, 0.4) is 0 Å². The molecule has 1 amide bonds. The highest BCUT2D eigenvalue weighted by molar-refractivity contribution is 7.91. The maximum absolute atomic E-state index is 13.2. The molecule has 0 spiro atoms. The Hall–Kier alpha value is -2.64. The Morgan fingerprint density at radius 3 is 2.50 bits per heavy atom. The molecule has 28 heavy (non-hydrogen) atoms. The quantitative estimate of drug-likeness (QED) is 0.633. The first-order chi connectivity index (χ1) is 13.4. The van der Waals surface area contributed by atoms with Crippen LogP contribution in [-0.4, -0.2) is 28.0 Å². The van der Waals surface area contributed by atoms with Crippen LogP contribution in [0.25, 0.3) is 0 Å². The summed E-state index contributed by atoms with van der Waals surface area (Å²) in [6.07, 6.45) is 0. The van der Waals surface area contributed by atoms with Crippen LogP contribution in [0.5, 0.6) is 5.75 Å². The van der Waals surface area contributed by atoms with Crippen molar-refractivity contribution in [2.24, 2.45) is 0 Å². The summed E-state index contributed by atoms with van der Waals surface area (Å²) < 4.78 is 31.6. The van der Waals surface area contributed by atoms with Crippen molar-refractivity contribution in [1.29, 1.82) is 0 Å². The minimum Gasteiger partial charge on any atom is -0.497 e. The molecule has 0 bridgehead atoms. The zero-order chi connectivity index (χ0) is 20.1. The van der Waals surface area contributed by atoms with Crippen molar-refractivity contribution in [3.63, 3.8) is 0 Å². The number of nitrogens with one attached hydrogen (secondary N) is 1. The number of amides is 1. The van der Waals surface area contributed by atoms with Crippen molar-refractivity contribution < 1.29 is 17.9 Å². The van der Waals surface area contributed by atoms with Crippen molar-refractivity contribution in [3.8, 4) is 5.75 Å². The third kappa shape index (κ3) is 4.43. The second kappa shape index (κ2) is 8.58. The molecule has 0 aliphatic heterocycles. The lowest BCUT2D eigenvalue weighted by molar-refractivity contribution is 0.0953. The van der Waals surface area contributed by atoms with Gasteiger partial charge in [0, 0.05) is 17.0 Å². The molecule has 0 saturated heterocycles. The Labute approximate surface area is 168 Å². The average molecular weight is 416 g/mol. The van der Waals surface area contributed by atoms with E-state index in [0.717, 1.165) is 5.56 Å². The van der Waals surface area contributed by atoms with E-state index in [4.69, 9.17) is 4.74 Å². The number of aryl methyl sites for hydroxylation is 1. The van der Waals surface area contributed by atoms with Gasteiger partial charge in [0.05, 0.1) is 12.0 Å². The second-order valence-corrected chi connectivity index (χ2v) is 9.41. The van der Waals surface area contributed by atoms with E-state index in [9.17, 15) is 13.2 Å². The number of methoxy groups -OCH3 is 1. The summed E-state index contributed by atoms with van der Waals surface area (Å²) in [6, 6.07) is 17.1. The fourth-order valence-electron chi connectivity index (χ4n) is 2.78. The summed E-state index contributed by atoms with van der Waals surface area (Å²) in [5.41, 5.74) is 1.40. The molecule has 0 radical (unpaired) electrons. The Balaban J connectivity index is 1.85. The number of thiophene rings is 1. The van der Waals surface area contributed by atoms with E-state index in [1.807, 2.05) is 18.4 Å². The maximum atomic E-state index is 13.2. The van der Waals surface area contributed by atoms with Crippen LogP contribution >= 0.6 is 11.3 Å². The molecule has 0 aliphatic rings. The van der Waals surface area contributed by atoms with Gasteiger partial charge in [-0.25, -0.2) is 8.42 Å². The lowest BCUT2D eigenvalue weighted by Crippen LogP contribution is -2.31. The number of benzene rings is 2. The Bertz CT molecular complexity index is 1040. The molecular formula is C21H21NO4S2. The summed E-state index contributed by atoms with van der Waals surface area (Å²) in [4.78, 5) is 13.5. The summed E-state index contributed by atoms with van der Waals surface area (Å²) in [5.74, 6) is 0.217. The minimum atomic E-state index is -3.66. The van der Waals surface area contributed by atoms with Gasteiger partial charge >= 0.3 is 0 Å². The lowest BCUT2D eigenvalue weighted by atomic mass is 10.2. The molecule has 0 saturated carbocycles. The Morgan fingerprint density at radius 2 is 1.86 bits per heavy atom. The van der Waals surface area contributed by atoms with Crippen molar-refractivity contribution in [1.82, 2.24) is 5.32 Å². The molecule has 1 aromatic heterocycles. The van der Waals surface area contributed by atoms with Gasteiger partial charge in [0.25, 0.3) is 5.91 Å². The van der Waals surface area contributed by atoms with Crippen LogP contribution in [0, 0.1) is 6.92 Å². The standard InChI is InChI=1S/C21H21NO4S2/c1-15-8-10-18(11-9-15)28(24,25)20(19-7-4-12-27-19)14-22-21(23)16-5-3-6-17(13-16)26-2/h3-13,20H,14H2,1-2H3,(H,22,23)/t20-/m1/s1. The fourth-order valence-corrected chi connectivity index (χ4v) is 5.57. The normalized spacial score (nSPS) is 12.4. The first kappa shape index (κ1) is 20.1. The first-order valence-electron chi connectivity index (χ1n) is 8.68. The van der Waals surface area contributed by atoms with Gasteiger partial charge in [-0.2, -0.15) is 0 Å². The average Bonchev–Trinajstić information content (AvgIpc) is 3.22. The number of hydrogen-bond donors (Lipinski definition) is 1. The third-order valence-corrected chi connectivity index (χ3v) is 7.60. The van der Waals surface area contributed by atoms with E-state index in [2.05, 4.69) is 5.32 Å². The number of rotatable bonds is 7.